The Labute approximate surface area is 148 Å². The largest absolute Gasteiger partial charge is 0.375 e. The maximum atomic E-state index is 12.4. The van der Waals surface area contributed by atoms with E-state index in [1.54, 1.807) is 11.3 Å². The van der Waals surface area contributed by atoms with Gasteiger partial charge in [-0.15, -0.1) is 11.3 Å². The molecule has 1 saturated heterocycles. The van der Waals surface area contributed by atoms with E-state index in [4.69, 9.17) is 4.74 Å². The van der Waals surface area contributed by atoms with Gasteiger partial charge in [-0.2, -0.15) is 0 Å². The molecule has 1 aliphatic rings. The first-order valence-electron chi connectivity index (χ1n) is 8.77. The molecule has 1 aliphatic heterocycles. The highest BCUT2D eigenvalue weighted by Gasteiger charge is 2.23. The van der Waals surface area contributed by atoms with Crippen LogP contribution >= 0.6 is 11.3 Å². The number of carbonyl (C=O) groups is 1. The molecule has 1 atom stereocenters. The zero-order chi connectivity index (χ0) is 16.6. The molecule has 1 aromatic carbocycles. The Kier molecular flexibility index (Phi) is 6.44. The van der Waals surface area contributed by atoms with E-state index in [1.807, 2.05) is 17.0 Å². The molecule has 1 aromatic heterocycles. The summed E-state index contributed by atoms with van der Waals surface area (Å²) in [5, 5.41) is 2.07. The third-order valence-electron chi connectivity index (χ3n) is 4.49. The SMILES string of the molecule is O=C(CCc1cccs1)N1CCO[C@@H](CCCc2ccccc2)C1. The van der Waals surface area contributed by atoms with Crippen LogP contribution in [0.4, 0.5) is 0 Å². The number of hydrogen-bond acceptors (Lipinski definition) is 3. The average Bonchev–Trinajstić information content (AvgIpc) is 3.14. The van der Waals surface area contributed by atoms with Crippen molar-refractivity contribution in [3.8, 4) is 0 Å². The summed E-state index contributed by atoms with van der Waals surface area (Å²) < 4.78 is 5.85. The number of aryl methyl sites for hydroxylation is 2. The van der Waals surface area contributed by atoms with E-state index in [-0.39, 0.29) is 12.0 Å². The Morgan fingerprint density at radius 2 is 2.04 bits per heavy atom. The average molecular weight is 343 g/mol. The van der Waals surface area contributed by atoms with Crippen LogP contribution in [0.3, 0.4) is 0 Å². The molecule has 0 unspecified atom stereocenters. The Morgan fingerprint density at radius 1 is 1.17 bits per heavy atom. The molecule has 0 spiro atoms. The predicted molar refractivity (Wildman–Crippen MR) is 98.3 cm³/mol. The second-order valence-electron chi connectivity index (χ2n) is 6.29. The van der Waals surface area contributed by atoms with Gasteiger partial charge in [0.15, 0.2) is 0 Å². The number of amides is 1. The van der Waals surface area contributed by atoms with E-state index in [2.05, 4.69) is 35.7 Å². The molecular formula is C20H25NO2S. The zero-order valence-corrected chi connectivity index (χ0v) is 14.8. The maximum absolute atomic E-state index is 12.4. The number of nitrogens with zero attached hydrogens (tertiary/aromatic N) is 1. The second-order valence-corrected chi connectivity index (χ2v) is 7.32. The number of benzene rings is 1. The highest BCUT2D eigenvalue weighted by atomic mass is 32.1. The molecule has 0 aliphatic carbocycles. The van der Waals surface area contributed by atoms with Gasteiger partial charge in [-0.25, -0.2) is 0 Å². The molecule has 24 heavy (non-hydrogen) atoms. The van der Waals surface area contributed by atoms with Gasteiger partial charge in [-0.05, 0) is 42.7 Å². The molecule has 0 N–H and O–H groups in total. The highest BCUT2D eigenvalue weighted by molar-refractivity contribution is 7.09. The van der Waals surface area contributed by atoms with Crippen molar-refractivity contribution in [3.05, 3.63) is 58.3 Å². The van der Waals surface area contributed by atoms with Gasteiger partial charge in [-0.3, -0.25) is 4.79 Å². The Hall–Kier alpha value is -1.65. The van der Waals surface area contributed by atoms with Crippen molar-refractivity contribution >= 4 is 17.2 Å². The topological polar surface area (TPSA) is 29.5 Å². The van der Waals surface area contributed by atoms with Crippen molar-refractivity contribution in [2.75, 3.05) is 19.7 Å². The lowest BCUT2D eigenvalue weighted by Crippen LogP contribution is -2.45. The standard InChI is InChI=1S/C20H25NO2S/c22-20(12-11-19-10-5-15-24-19)21-13-14-23-18(16-21)9-4-8-17-6-2-1-3-7-17/h1-3,5-7,10,15,18H,4,8-9,11-14,16H2/t18-/m0/s1. The van der Waals surface area contributed by atoms with Gasteiger partial charge in [0.05, 0.1) is 12.7 Å². The van der Waals surface area contributed by atoms with Crippen LogP contribution < -0.4 is 0 Å². The minimum absolute atomic E-state index is 0.188. The Balaban J connectivity index is 1.39. The summed E-state index contributed by atoms with van der Waals surface area (Å²) >= 11 is 1.73. The molecule has 0 bridgehead atoms. The van der Waals surface area contributed by atoms with Crippen LogP contribution in [0.25, 0.3) is 0 Å². The van der Waals surface area contributed by atoms with Gasteiger partial charge in [0.1, 0.15) is 0 Å². The van der Waals surface area contributed by atoms with Gasteiger partial charge in [0.2, 0.25) is 5.91 Å². The molecule has 3 rings (SSSR count). The Bertz CT molecular complexity index is 612. The Morgan fingerprint density at radius 3 is 2.83 bits per heavy atom. The van der Waals surface area contributed by atoms with Gasteiger partial charge < -0.3 is 9.64 Å². The number of ether oxygens (including phenoxy) is 1. The highest BCUT2D eigenvalue weighted by Crippen LogP contribution is 2.16. The number of thiophene rings is 1. The van der Waals surface area contributed by atoms with E-state index in [0.717, 1.165) is 38.8 Å². The first-order chi connectivity index (χ1) is 11.8. The molecule has 1 fully saturated rings. The maximum Gasteiger partial charge on any atom is 0.223 e. The first-order valence-corrected chi connectivity index (χ1v) is 9.65. The number of rotatable bonds is 7. The van der Waals surface area contributed by atoms with Crippen LogP contribution in [0, 0.1) is 0 Å². The third kappa shape index (κ3) is 5.18. The van der Waals surface area contributed by atoms with Crippen molar-refractivity contribution < 1.29 is 9.53 Å². The molecule has 0 radical (unpaired) electrons. The zero-order valence-electron chi connectivity index (χ0n) is 14.0. The summed E-state index contributed by atoms with van der Waals surface area (Å²) in [5.41, 5.74) is 1.37. The van der Waals surface area contributed by atoms with Crippen molar-refractivity contribution in [1.29, 1.82) is 0 Å². The lowest BCUT2D eigenvalue weighted by molar-refractivity contribution is -0.139. The predicted octanol–water partition coefficient (Wildman–Crippen LogP) is 3.93. The summed E-state index contributed by atoms with van der Waals surface area (Å²) in [5.74, 6) is 0.264. The van der Waals surface area contributed by atoms with Crippen LogP contribution in [0.15, 0.2) is 47.8 Å². The number of morpholine rings is 1. The number of hydrogen-bond donors (Lipinski definition) is 0. The van der Waals surface area contributed by atoms with Crippen molar-refractivity contribution in [3.63, 3.8) is 0 Å². The summed E-state index contributed by atoms with van der Waals surface area (Å²) in [7, 11) is 0. The van der Waals surface area contributed by atoms with Gasteiger partial charge in [0, 0.05) is 24.4 Å². The fourth-order valence-corrected chi connectivity index (χ4v) is 3.85. The quantitative estimate of drug-likeness (QED) is 0.762. The fourth-order valence-electron chi connectivity index (χ4n) is 3.14. The van der Waals surface area contributed by atoms with Crippen molar-refractivity contribution in [2.45, 2.75) is 38.2 Å². The van der Waals surface area contributed by atoms with Gasteiger partial charge in [-0.1, -0.05) is 36.4 Å². The summed E-state index contributed by atoms with van der Waals surface area (Å²) in [6.07, 6.45) is 4.85. The normalized spacial score (nSPS) is 17.8. The van der Waals surface area contributed by atoms with Crippen LogP contribution in [0.2, 0.25) is 0 Å². The van der Waals surface area contributed by atoms with Crippen molar-refractivity contribution in [1.82, 2.24) is 4.90 Å². The lowest BCUT2D eigenvalue weighted by Gasteiger charge is -2.33. The van der Waals surface area contributed by atoms with E-state index in [0.29, 0.717) is 13.0 Å². The summed E-state index contributed by atoms with van der Waals surface area (Å²) in [6, 6.07) is 14.7. The minimum Gasteiger partial charge on any atom is -0.375 e. The van der Waals surface area contributed by atoms with Crippen LogP contribution in [-0.4, -0.2) is 36.6 Å². The van der Waals surface area contributed by atoms with Crippen molar-refractivity contribution in [2.24, 2.45) is 0 Å². The molecule has 4 heteroatoms. The second kappa shape index (κ2) is 9.00. The lowest BCUT2D eigenvalue weighted by atomic mass is 10.0. The van der Waals surface area contributed by atoms with E-state index >= 15 is 0 Å². The van der Waals surface area contributed by atoms with E-state index in [1.165, 1.54) is 10.4 Å². The monoisotopic (exact) mass is 343 g/mol. The van der Waals surface area contributed by atoms with Crippen LogP contribution in [-0.2, 0) is 22.4 Å². The van der Waals surface area contributed by atoms with E-state index in [9.17, 15) is 4.79 Å². The van der Waals surface area contributed by atoms with Crippen LogP contribution in [0.5, 0.6) is 0 Å². The first kappa shape index (κ1) is 17.2. The van der Waals surface area contributed by atoms with Crippen LogP contribution in [0.1, 0.15) is 29.7 Å². The third-order valence-corrected chi connectivity index (χ3v) is 5.43. The summed E-state index contributed by atoms with van der Waals surface area (Å²) in [4.78, 5) is 15.7. The molecular weight excluding hydrogens is 318 g/mol. The number of carbonyl (C=O) groups excluding carboxylic acids is 1. The molecule has 128 valence electrons. The molecule has 2 aromatic rings. The van der Waals surface area contributed by atoms with Gasteiger partial charge >= 0.3 is 0 Å². The fraction of sp³-hybridized carbons (Fsp3) is 0.450. The molecule has 2 heterocycles. The molecule has 3 nitrogen and oxygen atoms in total. The minimum atomic E-state index is 0.188. The molecule has 1 amide bonds. The van der Waals surface area contributed by atoms with Gasteiger partial charge in [0.25, 0.3) is 0 Å². The smallest absolute Gasteiger partial charge is 0.223 e. The molecule has 0 saturated carbocycles. The summed E-state index contributed by atoms with van der Waals surface area (Å²) in [6.45, 7) is 2.15. The van der Waals surface area contributed by atoms with E-state index < -0.39 is 0 Å².